The number of nitrogens with zero attached hydrogens (tertiary/aromatic N) is 2. The lowest BCUT2D eigenvalue weighted by atomic mass is 9.95. The fourth-order valence-corrected chi connectivity index (χ4v) is 4.25. The number of aliphatic hydroxyl groups is 1. The number of carbonyl (C=O) groups is 2. The van der Waals surface area contributed by atoms with Crippen molar-refractivity contribution >= 4 is 45.5 Å². The molecule has 1 aliphatic heterocycles. The number of halogens is 2. The van der Waals surface area contributed by atoms with Crippen LogP contribution in [0.4, 0.5) is 10.1 Å². The van der Waals surface area contributed by atoms with Crippen LogP contribution in [0.15, 0.2) is 90.8 Å². The van der Waals surface area contributed by atoms with Gasteiger partial charge in [-0.05, 0) is 46.7 Å². The van der Waals surface area contributed by atoms with Crippen LogP contribution in [0.3, 0.4) is 0 Å². The molecule has 2 heterocycles. The second-order valence-corrected chi connectivity index (χ2v) is 8.02. The number of ketones is 1. The number of Topliss-reactive ketones (excluding diaryl/α,β-unsaturated/α-hetero) is 1. The first-order chi connectivity index (χ1) is 16.0. The van der Waals surface area contributed by atoms with Crippen molar-refractivity contribution in [2.45, 2.75) is 6.04 Å². The predicted octanol–water partition coefficient (Wildman–Crippen LogP) is 5.65. The molecule has 1 N–H and O–H groups in total. The highest BCUT2D eigenvalue weighted by Gasteiger charge is 2.47. The van der Waals surface area contributed by atoms with E-state index in [1.54, 1.807) is 30.5 Å². The van der Waals surface area contributed by atoms with Gasteiger partial charge in [0.2, 0.25) is 0 Å². The summed E-state index contributed by atoms with van der Waals surface area (Å²) in [6.07, 6.45) is 3.08. The van der Waals surface area contributed by atoms with E-state index in [0.29, 0.717) is 11.1 Å². The monoisotopic (exact) mass is 458 g/mol. The topological polar surface area (TPSA) is 70.5 Å². The molecular weight excluding hydrogens is 443 g/mol. The van der Waals surface area contributed by atoms with Gasteiger partial charge in [0.15, 0.2) is 0 Å². The molecule has 1 atom stereocenters. The maximum Gasteiger partial charge on any atom is 0.300 e. The lowest BCUT2D eigenvalue weighted by molar-refractivity contribution is -0.132. The molecule has 0 aliphatic carbocycles. The average molecular weight is 459 g/mol. The van der Waals surface area contributed by atoms with Crippen molar-refractivity contribution < 1.29 is 19.1 Å². The first-order valence-corrected chi connectivity index (χ1v) is 10.5. The summed E-state index contributed by atoms with van der Waals surface area (Å²) in [7, 11) is 0. The molecule has 0 saturated carbocycles. The minimum atomic E-state index is -0.966. The summed E-state index contributed by atoms with van der Waals surface area (Å²) in [4.78, 5) is 31.6. The minimum absolute atomic E-state index is 0.0799. The number of amides is 1. The number of pyridine rings is 1. The van der Waals surface area contributed by atoms with E-state index in [2.05, 4.69) is 4.98 Å². The Labute approximate surface area is 193 Å². The third-order valence-corrected chi connectivity index (χ3v) is 5.94. The molecule has 1 aliphatic rings. The molecule has 5 nitrogen and oxygen atoms in total. The Kier molecular flexibility index (Phi) is 5.15. The number of aliphatic hydroxyl groups excluding tert-OH is 1. The predicted molar refractivity (Wildman–Crippen MR) is 124 cm³/mol. The molecule has 1 amide bonds. The second-order valence-electron chi connectivity index (χ2n) is 7.62. The Morgan fingerprint density at radius 3 is 2.48 bits per heavy atom. The van der Waals surface area contributed by atoms with Crippen LogP contribution in [0, 0.1) is 5.82 Å². The Bertz CT molecular complexity index is 1450. The van der Waals surface area contributed by atoms with Gasteiger partial charge in [-0.25, -0.2) is 4.39 Å². The fourth-order valence-electron chi connectivity index (χ4n) is 4.08. The number of anilines is 1. The Balaban J connectivity index is 1.73. The normalized spacial score (nSPS) is 17.6. The molecule has 162 valence electrons. The van der Waals surface area contributed by atoms with Crippen molar-refractivity contribution in [3.8, 4) is 0 Å². The molecule has 1 saturated heterocycles. The average Bonchev–Trinajstić information content (AvgIpc) is 3.11. The number of rotatable bonds is 3. The van der Waals surface area contributed by atoms with Gasteiger partial charge in [0.1, 0.15) is 11.6 Å². The van der Waals surface area contributed by atoms with E-state index in [1.165, 1.54) is 23.2 Å². The molecule has 1 aromatic heterocycles. The van der Waals surface area contributed by atoms with Gasteiger partial charge < -0.3 is 5.11 Å². The number of hydrogen-bond donors (Lipinski definition) is 1. The van der Waals surface area contributed by atoms with Gasteiger partial charge in [-0.3, -0.25) is 19.5 Å². The van der Waals surface area contributed by atoms with Gasteiger partial charge in [-0.1, -0.05) is 54.1 Å². The van der Waals surface area contributed by atoms with E-state index < -0.39 is 23.5 Å². The summed E-state index contributed by atoms with van der Waals surface area (Å²) < 4.78 is 13.8. The van der Waals surface area contributed by atoms with Crippen molar-refractivity contribution in [2.24, 2.45) is 0 Å². The third kappa shape index (κ3) is 3.54. The lowest BCUT2D eigenvalue weighted by Crippen LogP contribution is -2.29. The van der Waals surface area contributed by atoms with E-state index in [0.717, 1.165) is 16.8 Å². The largest absolute Gasteiger partial charge is 0.507 e. The minimum Gasteiger partial charge on any atom is -0.507 e. The van der Waals surface area contributed by atoms with Crippen LogP contribution in [0.5, 0.6) is 0 Å². The van der Waals surface area contributed by atoms with Gasteiger partial charge in [0, 0.05) is 23.6 Å². The molecule has 0 radical (unpaired) electrons. The van der Waals surface area contributed by atoms with Crippen LogP contribution in [-0.2, 0) is 9.59 Å². The Morgan fingerprint density at radius 1 is 0.970 bits per heavy atom. The highest BCUT2D eigenvalue weighted by Crippen LogP contribution is 2.42. The van der Waals surface area contributed by atoms with Crippen molar-refractivity contribution in [3.05, 3.63) is 113 Å². The molecule has 5 rings (SSSR count). The molecule has 0 spiro atoms. The number of aromatic nitrogens is 1. The summed E-state index contributed by atoms with van der Waals surface area (Å²) in [5.74, 6) is -2.65. The molecule has 7 heteroatoms. The summed E-state index contributed by atoms with van der Waals surface area (Å²) in [6, 6.07) is 19.1. The van der Waals surface area contributed by atoms with Crippen molar-refractivity contribution in [2.75, 3.05) is 4.90 Å². The van der Waals surface area contributed by atoms with Crippen LogP contribution in [0.2, 0.25) is 5.02 Å². The molecule has 33 heavy (non-hydrogen) atoms. The molecule has 1 fully saturated rings. The van der Waals surface area contributed by atoms with Gasteiger partial charge in [-0.15, -0.1) is 0 Å². The maximum atomic E-state index is 13.8. The van der Waals surface area contributed by atoms with E-state index in [4.69, 9.17) is 11.6 Å². The molecule has 0 bridgehead atoms. The second kappa shape index (κ2) is 8.15. The number of benzene rings is 3. The Morgan fingerprint density at radius 2 is 1.76 bits per heavy atom. The zero-order valence-electron chi connectivity index (χ0n) is 17.1. The highest BCUT2D eigenvalue weighted by atomic mass is 35.5. The number of carbonyl (C=O) groups excluding carboxylic acids is 2. The summed E-state index contributed by atoms with van der Waals surface area (Å²) in [6.45, 7) is 0. The molecule has 3 aromatic carbocycles. The standard InChI is InChI=1S/C26H16ClFN2O3/c27-20-13-19(9-10-21(20)28)30-23(18-6-3-11-29-14-18)22(25(32)26(30)33)24(31)17-8-7-15-4-1-2-5-16(15)12-17/h1-14,23,31H/b24-22-. The summed E-state index contributed by atoms with van der Waals surface area (Å²) in [5.41, 5.74) is 1.07. The van der Waals surface area contributed by atoms with Gasteiger partial charge in [0.05, 0.1) is 16.6 Å². The van der Waals surface area contributed by atoms with E-state index in [1.807, 2.05) is 30.3 Å². The van der Waals surface area contributed by atoms with Crippen molar-refractivity contribution in [3.63, 3.8) is 0 Å². The molecular formula is C26H16ClFN2O3. The zero-order chi connectivity index (χ0) is 23.1. The van der Waals surface area contributed by atoms with Crippen molar-refractivity contribution in [1.82, 2.24) is 4.98 Å². The zero-order valence-corrected chi connectivity index (χ0v) is 17.8. The SMILES string of the molecule is O=C1C(=O)N(c2ccc(F)c(Cl)c2)C(c2cccnc2)/C1=C(/O)c1ccc2ccccc2c1. The van der Waals surface area contributed by atoms with E-state index >= 15 is 0 Å². The van der Waals surface area contributed by atoms with Crippen LogP contribution in [0.25, 0.3) is 16.5 Å². The van der Waals surface area contributed by atoms with Crippen molar-refractivity contribution in [1.29, 1.82) is 0 Å². The van der Waals surface area contributed by atoms with Crippen LogP contribution < -0.4 is 4.90 Å². The number of fused-ring (bicyclic) bond motifs is 1. The van der Waals surface area contributed by atoms with Crippen LogP contribution in [0.1, 0.15) is 17.2 Å². The summed E-state index contributed by atoms with van der Waals surface area (Å²) >= 11 is 5.95. The summed E-state index contributed by atoms with van der Waals surface area (Å²) in [5, 5.41) is 12.9. The first-order valence-electron chi connectivity index (χ1n) is 10.1. The van der Waals surface area contributed by atoms with Crippen LogP contribution in [-0.4, -0.2) is 21.8 Å². The molecule has 4 aromatic rings. The quantitative estimate of drug-likeness (QED) is 0.244. The highest BCUT2D eigenvalue weighted by molar-refractivity contribution is 6.51. The van der Waals surface area contributed by atoms with E-state index in [-0.39, 0.29) is 22.0 Å². The van der Waals surface area contributed by atoms with Gasteiger partial charge >= 0.3 is 0 Å². The number of hydrogen-bond acceptors (Lipinski definition) is 4. The Hall–Kier alpha value is -4.03. The molecule has 1 unspecified atom stereocenters. The third-order valence-electron chi connectivity index (χ3n) is 5.65. The van der Waals surface area contributed by atoms with Gasteiger partial charge in [-0.2, -0.15) is 0 Å². The lowest BCUT2D eigenvalue weighted by Gasteiger charge is -2.25. The maximum absolute atomic E-state index is 13.8. The first kappa shape index (κ1) is 20.8. The van der Waals surface area contributed by atoms with Gasteiger partial charge in [0.25, 0.3) is 11.7 Å². The van der Waals surface area contributed by atoms with E-state index in [9.17, 15) is 19.1 Å². The smallest absolute Gasteiger partial charge is 0.300 e. The van der Waals surface area contributed by atoms with Crippen LogP contribution >= 0.6 is 11.6 Å². The fraction of sp³-hybridized carbons (Fsp3) is 0.0385.